The minimum atomic E-state index is -2.04. The smallest absolute Gasteiger partial charge is 0.305 e. The lowest BCUT2D eigenvalue weighted by Crippen LogP contribution is -2.46. The summed E-state index contributed by atoms with van der Waals surface area (Å²) in [6.07, 6.45) is 13.3. The van der Waals surface area contributed by atoms with Crippen LogP contribution in [0.1, 0.15) is 91.2 Å². The summed E-state index contributed by atoms with van der Waals surface area (Å²) in [7, 11) is -4.07. The molecule has 3 atom stereocenters. The first-order valence-corrected chi connectivity index (χ1v) is 24.9. The fraction of sp³-hybridized carbons (Fsp3) is 0.690. The molecule has 1 aromatic rings. The van der Waals surface area contributed by atoms with E-state index in [4.69, 9.17) is 13.6 Å². The van der Waals surface area contributed by atoms with E-state index < -0.39 is 47.8 Å². The summed E-state index contributed by atoms with van der Waals surface area (Å²) < 4.78 is 19.6. The van der Waals surface area contributed by atoms with Gasteiger partial charge in [0, 0.05) is 12.3 Å². The lowest BCUT2D eigenvalue weighted by atomic mass is 9.91. The molecule has 0 unspecified atom stereocenters. The lowest BCUT2D eigenvalue weighted by molar-refractivity contribution is -0.151. The van der Waals surface area contributed by atoms with Gasteiger partial charge in [0.2, 0.25) is 0 Å². The summed E-state index contributed by atoms with van der Waals surface area (Å²) in [5, 5.41) is 28.7. The number of hydrogen-bond donors (Lipinski definition) is 3. The van der Waals surface area contributed by atoms with E-state index in [9.17, 15) is 20.1 Å². The van der Waals surface area contributed by atoms with E-state index in [2.05, 4.69) is 117 Å². The van der Waals surface area contributed by atoms with Gasteiger partial charge in [0.25, 0.3) is 0 Å². The van der Waals surface area contributed by atoms with Crippen LogP contribution in [0.4, 0.5) is 0 Å². The molecule has 0 aliphatic heterocycles. The Bertz CT molecular complexity index is 1330. The zero-order chi connectivity index (χ0) is 38.3. The molecule has 0 bridgehead atoms. The second-order valence-corrected chi connectivity index (χ2v) is 27.8. The third-order valence-electron chi connectivity index (χ3n) is 12.2. The summed E-state index contributed by atoms with van der Waals surface area (Å²) in [5.74, 6) is 0.244. The molecule has 288 valence electrons. The minimum Gasteiger partial charge on any atom is -0.465 e. The van der Waals surface area contributed by atoms with Gasteiger partial charge in [0.05, 0.1) is 37.4 Å². The van der Waals surface area contributed by atoms with Crippen molar-refractivity contribution in [3.63, 3.8) is 0 Å². The van der Waals surface area contributed by atoms with Crippen LogP contribution in [0, 0.1) is 17.3 Å². The molecule has 1 saturated carbocycles. The Morgan fingerprint density at radius 3 is 2.00 bits per heavy atom. The van der Waals surface area contributed by atoms with Gasteiger partial charge in [0.15, 0.2) is 16.6 Å². The molecule has 0 saturated heterocycles. The van der Waals surface area contributed by atoms with Gasteiger partial charge in [0.1, 0.15) is 6.61 Å². The number of fused-ring (bicyclic) bond motifs is 1. The average molecular weight is 743 g/mol. The monoisotopic (exact) mass is 742 g/mol. The van der Waals surface area contributed by atoms with E-state index in [1.165, 1.54) is 22.3 Å². The number of allylic oxidation sites excluding steroid dienone is 2. The Kier molecular flexibility index (Phi) is 15.4. The van der Waals surface area contributed by atoms with Crippen molar-refractivity contribution < 1.29 is 33.7 Å². The number of benzene rings is 1. The first kappa shape index (κ1) is 43.5. The number of ether oxygens (including phenoxy) is 1. The van der Waals surface area contributed by atoms with Crippen LogP contribution in [0.25, 0.3) is 0 Å². The maximum atomic E-state index is 12.3. The molecule has 1 aromatic carbocycles. The summed E-state index contributed by atoms with van der Waals surface area (Å²) in [4.78, 5) is 12.3. The van der Waals surface area contributed by atoms with Crippen molar-refractivity contribution in [3.05, 3.63) is 71.3 Å². The molecule has 0 spiro atoms. The van der Waals surface area contributed by atoms with Crippen molar-refractivity contribution in [3.8, 4) is 0 Å². The maximum Gasteiger partial charge on any atom is 0.305 e. The van der Waals surface area contributed by atoms with Gasteiger partial charge >= 0.3 is 5.97 Å². The Balaban J connectivity index is 1.78. The van der Waals surface area contributed by atoms with Crippen molar-refractivity contribution >= 4 is 22.6 Å². The van der Waals surface area contributed by atoms with E-state index in [1.54, 1.807) is 0 Å². The second-order valence-electron chi connectivity index (χ2n) is 18.3. The van der Waals surface area contributed by atoms with Crippen molar-refractivity contribution in [2.75, 3.05) is 26.4 Å². The molecule has 9 heteroatoms. The van der Waals surface area contributed by atoms with Gasteiger partial charge < -0.3 is 28.9 Å². The van der Waals surface area contributed by atoms with Crippen LogP contribution in [0.5, 0.6) is 0 Å². The largest absolute Gasteiger partial charge is 0.465 e. The molecular formula is C42H70O7Si2. The summed E-state index contributed by atoms with van der Waals surface area (Å²) >= 11 is 0. The molecule has 0 amide bonds. The number of aliphatic hydroxyl groups excluding tert-OH is 3. The summed E-state index contributed by atoms with van der Waals surface area (Å²) in [6.45, 7) is 26.2. The molecule has 2 aliphatic rings. The third-order valence-corrected chi connectivity index (χ3v) is 21.2. The van der Waals surface area contributed by atoms with Crippen molar-refractivity contribution in [1.82, 2.24) is 0 Å². The predicted molar refractivity (Wildman–Crippen MR) is 214 cm³/mol. The van der Waals surface area contributed by atoms with Crippen LogP contribution in [0.3, 0.4) is 0 Å². The molecular weight excluding hydrogens is 673 g/mol. The molecule has 7 nitrogen and oxygen atoms in total. The van der Waals surface area contributed by atoms with Crippen LogP contribution in [0.15, 0.2) is 60.2 Å². The van der Waals surface area contributed by atoms with E-state index in [-0.39, 0.29) is 41.2 Å². The molecule has 3 N–H and O–H groups in total. The molecule has 0 aromatic heterocycles. The van der Waals surface area contributed by atoms with Gasteiger partial charge in [-0.1, -0.05) is 90.6 Å². The minimum absolute atomic E-state index is 0.0737. The molecule has 51 heavy (non-hydrogen) atoms. The zero-order valence-electron chi connectivity index (χ0n) is 33.5. The number of carbonyl (C=O) groups is 1. The number of unbranched alkanes of at least 4 members (excludes halogenated alkanes) is 1. The lowest BCUT2D eigenvalue weighted by Gasteiger charge is -2.41. The SMILES string of the molecule is C=C1C[C@H](O[Si](C)(C)C(C)(C)C)[C@H](C/C=C\CCCC(=O)OCC(CO)(CO)CO)/C1=C\C[C@@H](O[Si](C)(C)C(C)(C)C)C1Cc2ccccc2C1. The van der Waals surface area contributed by atoms with Gasteiger partial charge in [-0.3, -0.25) is 4.79 Å². The Morgan fingerprint density at radius 2 is 1.47 bits per heavy atom. The summed E-state index contributed by atoms with van der Waals surface area (Å²) in [6, 6.07) is 8.86. The topological polar surface area (TPSA) is 105 Å². The normalized spacial score (nSPS) is 20.8. The van der Waals surface area contributed by atoms with Gasteiger partial charge in [-0.2, -0.15) is 0 Å². The fourth-order valence-corrected chi connectivity index (χ4v) is 9.28. The highest BCUT2D eigenvalue weighted by molar-refractivity contribution is 6.74. The van der Waals surface area contributed by atoms with Crippen molar-refractivity contribution in [2.24, 2.45) is 17.3 Å². The van der Waals surface area contributed by atoms with E-state index in [0.29, 0.717) is 12.3 Å². The number of hydrogen-bond acceptors (Lipinski definition) is 7. The Labute approximate surface area is 311 Å². The van der Waals surface area contributed by atoms with Gasteiger partial charge in [-0.15, -0.1) is 0 Å². The number of esters is 1. The van der Waals surface area contributed by atoms with Crippen LogP contribution < -0.4 is 0 Å². The van der Waals surface area contributed by atoms with Crippen LogP contribution in [0.2, 0.25) is 36.3 Å². The molecule has 0 heterocycles. The summed E-state index contributed by atoms with van der Waals surface area (Å²) in [5.41, 5.74) is 4.18. The molecule has 2 aliphatic carbocycles. The van der Waals surface area contributed by atoms with Crippen LogP contribution >= 0.6 is 0 Å². The quantitative estimate of drug-likeness (QED) is 0.0598. The predicted octanol–water partition coefficient (Wildman–Crippen LogP) is 8.70. The fourth-order valence-electron chi connectivity index (χ4n) is 6.53. The maximum absolute atomic E-state index is 12.3. The highest BCUT2D eigenvalue weighted by Gasteiger charge is 2.45. The van der Waals surface area contributed by atoms with Gasteiger partial charge in [-0.05, 0) is 109 Å². The zero-order valence-corrected chi connectivity index (χ0v) is 35.5. The van der Waals surface area contributed by atoms with Crippen LogP contribution in [-0.4, -0.2) is 76.6 Å². The van der Waals surface area contributed by atoms with Crippen molar-refractivity contribution in [1.29, 1.82) is 0 Å². The highest BCUT2D eigenvalue weighted by atomic mass is 28.4. The van der Waals surface area contributed by atoms with Crippen LogP contribution in [-0.2, 0) is 31.2 Å². The molecule has 3 rings (SSSR count). The number of rotatable bonds is 18. The molecule has 1 fully saturated rings. The molecule has 0 radical (unpaired) electrons. The van der Waals surface area contributed by atoms with E-state index >= 15 is 0 Å². The Hall–Kier alpha value is -1.86. The number of aliphatic hydroxyl groups is 3. The Morgan fingerprint density at radius 1 is 0.902 bits per heavy atom. The first-order chi connectivity index (χ1) is 23.7. The standard InChI is InChI=1S/C42H70O7Si2/c1-31-24-38(49-51(10,11)41(5,6)7)36(20-14-12-13-15-21-39(46)47-30-42(27-43,28-44)29-45)35(31)22-23-37(48-50(8,9)40(2,3)4)34-25-32-18-16-17-19-33(32)26-34/h12,14,16-19,22,34,36-38,43-45H,1,13,15,20-21,23-30H2,2-11H3/b14-12-,35-22-/t36-,37-,38+/m1/s1. The van der Waals surface area contributed by atoms with E-state index in [1.807, 2.05) is 0 Å². The first-order valence-electron chi connectivity index (χ1n) is 19.1. The third kappa shape index (κ3) is 11.6. The average Bonchev–Trinajstić information content (AvgIpc) is 3.60. The second kappa shape index (κ2) is 18.0. The highest BCUT2D eigenvalue weighted by Crippen LogP contribution is 2.46. The number of carbonyl (C=O) groups excluding carboxylic acids is 1. The van der Waals surface area contributed by atoms with Crippen molar-refractivity contribution in [2.45, 2.75) is 141 Å². The van der Waals surface area contributed by atoms with Gasteiger partial charge in [-0.25, -0.2) is 0 Å². The van der Waals surface area contributed by atoms with E-state index in [0.717, 1.165) is 38.5 Å².